The fraction of sp³-hybridized carbons (Fsp3) is 1.00. The van der Waals surface area contributed by atoms with Crippen LogP contribution in [0.5, 0.6) is 0 Å². The van der Waals surface area contributed by atoms with E-state index in [9.17, 15) is 4.57 Å². The molecule has 0 spiro atoms. The van der Waals surface area contributed by atoms with Gasteiger partial charge in [-0.3, -0.25) is 0 Å². The second-order valence-corrected chi connectivity index (χ2v) is 7.52. The predicted octanol–water partition coefficient (Wildman–Crippen LogP) is -0.951. The summed E-state index contributed by atoms with van der Waals surface area (Å²) in [6, 6.07) is 0. The summed E-state index contributed by atoms with van der Waals surface area (Å²) in [7, 11) is -3.85. The summed E-state index contributed by atoms with van der Waals surface area (Å²) < 4.78 is 18.6. The van der Waals surface area contributed by atoms with Gasteiger partial charge in [-0.15, -0.1) is 0 Å². The van der Waals surface area contributed by atoms with E-state index in [0.29, 0.717) is 0 Å². The third kappa shape index (κ3) is 6.54. The van der Waals surface area contributed by atoms with Crippen molar-refractivity contribution in [3.8, 4) is 0 Å². The maximum absolute atomic E-state index is 10.2. The predicted molar refractivity (Wildman–Crippen MR) is 37.1 cm³/mol. The van der Waals surface area contributed by atoms with E-state index in [-0.39, 0.29) is 10.9 Å². The van der Waals surface area contributed by atoms with Crippen molar-refractivity contribution in [3.63, 3.8) is 0 Å². The van der Waals surface area contributed by atoms with Crippen molar-refractivity contribution in [2.24, 2.45) is 0 Å². The van der Waals surface area contributed by atoms with Crippen LogP contribution < -0.4 is 0 Å². The van der Waals surface area contributed by atoms with Crippen LogP contribution in [0.1, 0.15) is 6.92 Å². The molecule has 56 valence electrons. The normalized spacial score (nSPS) is 16.9. The Labute approximate surface area is 60.3 Å². The minimum absolute atomic E-state index is 0.127. The molecule has 6 heteroatoms. The van der Waals surface area contributed by atoms with Crippen LogP contribution in [0.15, 0.2) is 0 Å². The summed E-state index contributed by atoms with van der Waals surface area (Å²) >= 11 is -1.60. The molecule has 1 unspecified atom stereocenters. The molecule has 0 saturated heterocycles. The van der Waals surface area contributed by atoms with E-state index in [1.54, 1.807) is 6.92 Å². The van der Waals surface area contributed by atoms with E-state index in [2.05, 4.69) is 0 Å². The Bertz CT molecular complexity index is 121. The van der Waals surface area contributed by atoms with Gasteiger partial charge in [-0.1, -0.05) is 0 Å². The van der Waals surface area contributed by atoms with Gasteiger partial charge in [0.25, 0.3) is 0 Å². The van der Waals surface area contributed by atoms with Crippen LogP contribution in [0.25, 0.3) is 0 Å². The maximum atomic E-state index is 10.2. The van der Waals surface area contributed by atoms with Gasteiger partial charge in [0.1, 0.15) is 0 Å². The van der Waals surface area contributed by atoms with Crippen molar-refractivity contribution in [1.82, 2.24) is 0 Å². The molecule has 0 aromatic heterocycles. The zero-order valence-corrected chi connectivity index (χ0v) is 9.05. The molecule has 0 aliphatic rings. The molecule has 0 aliphatic heterocycles. The van der Waals surface area contributed by atoms with Crippen molar-refractivity contribution in [2.75, 3.05) is 6.16 Å². The van der Waals surface area contributed by atoms with Gasteiger partial charge in [-0.25, -0.2) is 0 Å². The van der Waals surface area contributed by atoms with Gasteiger partial charge in [0.15, 0.2) is 0 Å². The summed E-state index contributed by atoms with van der Waals surface area (Å²) in [6.45, 7) is 1.67. The molecule has 0 heterocycles. The van der Waals surface area contributed by atoms with Gasteiger partial charge in [0.2, 0.25) is 0 Å². The summed E-state index contributed by atoms with van der Waals surface area (Å²) in [5.41, 5.74) is 0. The Balaban J connectivity index is 3.60. The molecule has 3 N–H and O–H groups in total. The molecular formula is C3H11GeO4P. The van der Waals surface area contributed by atoms with Gasteiger partial charge < -0.3 is 0 Å². The van der Waals surface area contributed by atoms with Crippen molar-refractivity contribution in [1.29, 1.82) is 0 Å². The van der Waals surface area contributed by atoms with Crippen molar-refractivity contribution in [3.05, 3.63) is 0 Å². The number of hydrogen-bond donors (Lipinski definition) is 3. The quantitative estimate of drug-likeness (QED) is 0.418. The molecule has 0 aromatic carbocycles. The van der Waals surface area contributed by atoms with Crippen LogP contribution in [-0.2, 0) is 4.57 Å². The molecule has 0 saturated carbocycles. The fourth-order valence-electron chi connectivity index (χ4n) is 0.464. The fourth-order valence-corrected chi connectivity index (χ4v) is 4.24. The Hall–Kier alpha value is 0.653. The first kappa shape index (κ1) is 9.65. The van der Waals surface area contributed by atoms with Gasteiger partial charge in [0, 0.05) is 0 Å². The molecule has 0 amide bonds. The molecule has 0 fully saturated rings. The third-order valence-electron chi connectivity index (χ3n) is 0.861. The van der Waals surface area contributed by atoms with Gasteiger partial charge >= 0.3 is 59.7 Å². The molecular weight excluding hydrogens is 204 g/mol. The van der Waals surface area contributed by atoms with E-state index in [1.165, 1.54) is 0 Å². The molecule has 1 atom stereocenters. The minimum atomic E-state index is -3.85. The van der Waals surface area contributed by atoms with Gasteiger partial charge in [-0.05, 0) is 0 Å². The third-order valence-corrected chi connectivity index (χ3v) is 4.89. The van der Waals surface area contributed by atoms with Crippen LogP contribution in [0.3, 0.4) is 0 Å². The summed E-state index contributed by atoms with van der Waals surface area (Å²) in [4.78, 5) is 16.7. The van der Waals surface area contributed by atoms with E-state index in [0.717, 1.165) is 0 Å². The van der Waals surface area contributed by atoms with Crippen LogP contribution in [0, 0.1) is 0 Å². The van der Waals surface area contributed by atoms with Crippen molar-refractivity contribution < 1.29 is 18.5 Å². The first-order valence-electron chi connectivity index (χ1n) is 2.61. The van der Waals surface area contributed by atoms with Crippen LogP contribution in [0.4, 0.5) is 0 Å². The molecule has 0 aliphatic carbocycles. The Kier molecular flexibility index (Phi) is 4.00. The standard InChI is InChI=1S/C3H11GeO4P/c1-3(4-5)2-9(6,7)8/h3,5H,2,4H2,1H3,(H2,6,7,8). The van der Waals surface area contributed by atoms with E-state index >= 15 is 0 Å². The number of hydrogen-bond acceptors (Lipinski definition) is 2. The molecule has 0 aromatic rings. The first-order valence-corrected chi connectivity index (χ1v) is 7.45. The van der Waals surface area contributed by atoms with Gasteiger partial charge in [-0.2, -0.15) is 0 Å². The second-order valence-electron chi connectivity index (χ2n) is 2.14. The SMILES string of the molecule is C[CH](CP(=O)(O)O)[GeH2][OH]. The summed E-state index contributed by atoms with van der Waals surface area (Å²) in [6.07, 6.45) is -0.149. The number of rotatable bonds is 3. The Morgan fingerprint density at radius 3 is 2.22 bits per heavy atom. The molecule has 0 bridgehead atoms. The summed E-state index contributed by atoms with van der Waals surface area (Å²) in [5, 5.41) is 0. The van der Waals surface area contributed by atoms with Crippen LogP contribution >= 0.6 is 7.60 Å². The van der Waals surface area contributed by atoms with Crippen LogP contribution in [-0.4, -0.2) is 35.9 Å². The Morgan fingerprint density at radius 2 is 2.11 bits per heavy atom. The van der Waals surface area contributed by atoms with E-state index < -0.39 is 23.4 Å². The van der Waals surface area contributed by atoms with Gasteiger partial charge in [0.05, 0.1) is 0 Å². The van der Waals surface area contributed by atoms with E-state index in [4.69, 9.17) is 13.9 Å². The molecule has 0 rings (SSSR count). The monoisotopic (exact) mass is 216 g/mol. The summed E-state index contributed by atoms with van der Waals surface area (Å²) in [5.74, 6) is 0. The molecule has 4 nitrogen and oxygen atoms in total. The average molecular weight is 215 g/mol. The van der Waals surface area contributed by atoms with E-state index in [1.807, 2.05) is 0 Å². The topological polar surface area (TPSA) is 77.8 Å². The van der Waals surface area contributed by atoms with Crippen LogP contribution in [0.2, 0.25) is 4.75 Å². The molecule has 9 heavy (non-hydrogen) atoms. The second kappa shape index (κ2) is 3.73. The first-order chi connectivity index (χ1) is 3.95. The van der Waals surface area contributed by atoms with Crippen molar-refractivity contribution >= 4 is 23.4 Å². The zero-order chi connectivity index (χ0) is 7.49. The zero-order valence-electron chi connectivity index (χ0n) is 5.19. The Morgan fingerprint density at radius 1 is 1.67 bits per heavy atom. The average Bonchev–Trinajstić information content (AvgIpc) is 1.62. The molecule has 0 radical (unpaired) electrons. The van der Waals surface area contributed by atoms with Crippen molar-refractivity contribution in [2.45, 2.75) is 11.7 Å².